The number of benzene rings is 2. The zero-order valence-corrected chi connectivity index (χ0v) is 29.3. The number of hydrogen-bond donors (Lipinski definition) is 2. The summed E-state index contributed by atoms with van der Waals surface area (Å²) >= 11 is 0. The van der Waals surface area contributed by atoms with Crippen LogP contribution in [0.1, 0.15) is 75.5 Å². The fourth-order valence-electron chi connectivity index (χ4n) is 7.75. The molecule has 1 aliphatic carbocycles. The summed E-state index contributed by atoms with van der Waals surface area (Å²) in [7, 11) is 3.60. The Bertz CT molecular complexity index is 1580. The van der Waals surface area contributed by atoms with Crippen LogP contribution in [-0.2, 0) is 26.2 Å². The van der Waals surface area contributed by atoms with Gasteiger partial charge >= 0.3 is 12.1 Å². The molecule has 0 bridgehead atoms. The Kier molecular flexibility index (Phi) is 9.68. The first-order valence-electron chi connectivity index (χ1n) is 17.3. The monoisotopic (exact) mass is 675 g/mol. The molecule has 4 aliphatic rings. The van der Waals surface area contributed by atoms with Crippen LogP contribution < -0.4 is 20.1 Å². The van der Waals surface area contributed by atoms with E-state index in [9.17, 15) is 19.2 Å². The molecule has 2 aromatic rings. The van der Waals surface area contributed by atoms with Crippen LogP contribution in [0, 0.1) is 0 Å². The van der Waals surface area contributed by atoms with E-state index >= 15 is 0 Å². The highest BCUT2D eigenvalue weighted by molar-refractivity contribution is 5.88. The third-order valence-electron chi connectivity index (χ3n) is 10.2. The molecular weight excluding hydrogens is 626 g/mol. The third kappa shape index (κ3) is 7.58. The van der Waals surface area contributed by atoms with E-state index in [2.05, 4.69) is 22.8 Å². The third-order valence-corrected chi connectivity index (χ3v) is 10.2. The molecule has 12 nitrogen and oxygen atoms in total. The van der Waals surface area contributed by atoms with E-state index < -0.39 is 23.8 Å². The van der Waals surface area contributed by atoms with Crippen LogP contribution in [0.5, 0.6) is 11.5 Å². The zero-order chi connectivity index (χ0) is 34.9. The Labute approximate surface area is 288 Å². The Hall–Kier alpha value is -4.48. The first-order valence-corrected chi connectivity index (χ1v) is 17.3. The molecule has 2 aromatic carbocycles. The van der Waals surface area contributed by atoms with Crippen molar-refractivity contribution >= 4 is 23.9 Å². The summed E-state index contributed by atoms with van der Waals surface area (Å²) in [5.41, 5.74) is 2.34. The van der Waals surface area contributed by atoms with Crippen LogP contribution in [0.2, 0.25) is 0 Å². The summed E-state index contributed by atoms with van der Waals surface area (Å²) in [6.07, 6.45) is 3.50. The smallest absolute Gasteiger partial charge is 0.410 e. The van der Waals surface area contributed by atoms with Crippen LogP contribution >= 0.6 is 0 Å². The largest absolute Gasteiger partial charge is 0.454 e. The number of carbonyl (C=O) groups is 4. The molecule has 264 valence electrons. The van der Waals surface area contributed by atoms with Gasteiger partial charge in [0.25, 0.3) is 0 Å². The van der Waals surface area contributed by atoms with Gasteiger partial charge in [0.15, 0.2) is 11.5 Å². The van der Waals surface area contributed by atoms with Crippen molar-refractivity contribution in [3.63, 3.8) is 0 Å². The van der Waals surface area contributed by atoms with Crippen molar-refractivity contribution in [2.24, 2.45) is 0 Å². The molecule has 12 heteroatoms. The molecule has 2 saturated heterocycles. The fraction of sp³-hybridized carbons (Fsp3) is 0.568. The number of carbonyl (C=O) groups excluding carboxylic acids is 4. The number of nitrogens with zero attached hydrogens (tertiary/aromatic N) is 3. The lowest BCUT2D eigenvalue weighted by Gasteiger charge is -2.41. The lowest BCUT2D eigenvalue weighted by Crippen LogP contribution is -2.57. The number of nitrogens with one attached hydrogen (secondary N) is 2. The van der Waals surface area contributed by atoms with Crippen LogP contribution in [-0.4, -0.2) is 103 Å². The molecular formula is C37H49N5O7. The van der Waals surface area contributed by atoms with Gasteiger partial charge in [-0.25, -0.2) is 9.59 Å². The number of likely N-dealkylation sites (N-methyl/N-ethyl adjacent to an activating group) is 1. The van der Waals surface area contributed by atoms with E-state index in [4.69, 9.17) is 14.2 Å². The highest BCUT2D eigenvalue weighted by atomic mass is 16.7. The van der Waals surface area contributed by atoms with E-state index in [-0.39, 0.29) is 42.4 Å². The maximum Gasteiger partial charge on any atom is 0.410 e. The van der Waals surface area contributed by atoms with Crippen molar-refractivity contribution in [3.05, 3.63) is 59.2 Å². The summed E-state index contributed by atoms with van der Waals surface area (Å²) < 4.78 is 16.6. The Morgan fingerprint density at radius 1 is 1.00 bits per heavy atom. The van der Waals surface area contributed by atoms with Crippen molar-refractivity contribution in [2.75, 3.05) is 47.1 Å². The van der Waals surface area contributed by atoms with E-state index in [0.717, 1.165) is 36.8 Å². The van der Waals surface area contributed by atoms with Gasteiger partial charge in [0, 0.05) is 58.2 Å². The summed E-state index contributed by atoms with van der Waals surface area (Å²) in [5.74, 6) is 1.01. The molecule has 2 fully saturated rings. The minimum atomic E-state index is -0.834. The average Bonchev–Trinajstić information content (AvgIpc) is 3.66. The van der Waals surface area contributed by atoms with Gasteiger partial charge in [-0.2, -0.15) is 0 Å². The number of likely N-dealkylation sites (tertiary alicyclic amines) is 2. The number of amides is 5. The van der Waals surface area contributed by atoms with Crippen LogP contribution in [0.15, 0.2) is 42.5 Å². The van der Waals surface area contributed by atoms with Gasteiger partial charge < -0.3 is 39.5 Å². The molecule has 0 radical (unpaired) electrons. The van der Waals surface area contributed by atoms with Crippen LogP contribution in [0.4, 0.5) is 9.59 Å². The van der Waals surface area contributed by atoms with Gasteiger partial charge in [-0.3, -0.25) is 9.59 Å². The Morgan fingerprint density at radius 2 is 1.73 bits per heavy atom. The molecule has 0 aromatic heterocycles. The Balaban J connectivity index is 1.14. The fourth-order valence-corrected chi connectivity index (χ4v) is 7.75. The van der Waals surface area contributed by atoms with Crippen molar-refractivity contribution in [3.8, 4) is 11.5 Å². The molecule has 1 spiro atoms. The van der Waals surface area contributed by atoms with Crippen LogP contribution in [0.3, 0.4) is 0 Å². The molecule has 3 atom stereocenters. The minimum absolute atomic E-state index is 0.106. The number of hydrogen-bond acceptors (Lipinski definition) is 7. The normalized spacial score (nSPS) is 21.5. The molecule has 0 saturated carbocycles. The van der Waals surface area contributed by atoms with Crippen molar-refractivity contribution < 1.29 is 33.4 Å². The number of urea groups is 1. The van der Waals surface area contributed by atoms with Gasteiger partial charge in [-0.05, 0) is 81.7 Å². The maximum atomic E-state index is 14.2. The van der Waals surface area contributed by atoms with Crippen molar-refractivity contribution in [1.82, 2.24) is 25.3 Å². The maximum absolute atomic E-state index is 14.2. The van der Waals surface area contributed by atoms with E-state index in [1.165, 1.54) is 5.56 Å². The van der Waals surface area contributed by atoms with Crippen molar-refractivity contribution in [2.45, 2.75) is 88.3 Å². The quantitative estimate of drug-likeness (QED) is 0.471. The Morgan fingerprint density at radius 3 is 2.47 bits per heavy atom. The van der Waals surface area contributed by atoms with Crippen molar-refractivity contribution in [1.29, 1.82) is 0 Å². The summed E-state index contributed by atoms with van der Waals surface area (Å²) in [6, 6.07) is 12.2. The molecule has 6 rings (SSSR count). The zero-order valence-electron chi connectivity index (χ0n) is 29.3. The lowest BCUT2D eigenvalue weighted by atomic mass is 9.73. The van der Waals surface area contributed by atoms with E-state index in [0.29, 0.717) is 44.1 Å². The van der Waals surface area contributed by atoms with Gasteiger partial charge in [0.2, 0.25) is 18.6 Å². The molecule has 2 N–H and O–H groups in total. The highest BCUT2D eigenvalue weighted by Gasteiger charge is 2.48. The van der Waals surface area contributed by atoms with Gasteiger partial charge in [0.1, 0.15) is 11.6 Å². The second kappa shape index (κ2) is 13.8. The first-order chi connectivity index (χ1) is 23.3. The topological polar surface area (TPSA) is 130 Å². The number of piperidine rings is 2. The van der Waals surface area contributed by atoms with E-state index in [1.807, 2.05) is 56.0 Å². The molecule has 5 amide bonds. The predicted molar refractivity (Wildman–Crippen MR) is 183 cm³/mol. The van der Waals surface area contributed by atoms with Gasteiger partial charge in [0.05, 0.1) is 5.92 Å². The summed E-state index contributed by atoms with van der Waals surface area (Å²) in [6.45, 7) is 7.55. The second-order valence-electron chi connectivity index (χ2n) is 15.0. The summed E-state index contributed by atoms with van der Waals surface area (Å²) in [5, 5.41) is 5.98. The number of fused-ring (bicyclic) bond motifs is 3. The van der Waals surface area contributed by atoms with Crippen LogP contribution in [0.25, 0.3) is 0 Å². The molecule has 2 unspecified atom stereocenters. The summed E-state index contributed by atoms with van der Waals surface area (Å²) in [4.78, 5) is 58.7. The van der Waals surface area contributed by atoms with E-state index in [1.54, 1.807) is 23.9 Å². The SMILES string of the molecule is CN(C)C(=O)[C@@H]1CC2(CCN(C(=O)C(Cc3ccc4c(c3)OCO4)NC(=O)NC3CCCN(C(=O)OC(C)(C)C)C3)CC2)c2ccccc21. The number of rotatable bonds is 6. The lowest BCUT2D eigenvalue weighted by molar-refractivity contribution is -0.135. The standard InChI is InChI=1S/C37H49N5O7/c1-36(2,3)49-35(46)42-16-8-9-25(22-42)38-34(45)39-29(19-24-12-13-30-31(20-24)48-23-47-30)33(44)41-17-14-37(15-18-41)21-27(32(43)40(4)5)26-10-6-7-11-28(26)37/h6-7,10-13,20,25,27,29H,8-9,14-19,21-23H2,1-5H3,(H2,38,39,45)/t25?,27-,29?/m1/s1. The molecule has 3 aliphatic heterocycles. The molecule has 3 heterocycles. The first kappa shape index (κ1) is 34.4. The minimum Gasteiger partial charge on any atom is -0.454 e. The van der Waals surface area contributed by atoms with Gasteiger partial charge in [-0.1, -0.05) is 30.3 Å². The second-order valence-corrected chi connectivity index (χ2v) is 15.0. The van der Waals surface area contributed by atoms with Gasteiger partial charge in [-0.15, -0.1) is 0 Å². The highest BCUT2D eigenvalue weighted by Crippen LogP contribution is 2.52. The molecule has 49 heavy (non-hydrogen) atoms. The predicted octanol–water partition coefficient (Wildman–Crippen LogP) is 4.16. The average molecular weight is 676 g/mol. The number of ether oxygens (including phenoxy) is 3.